The zero-order chi connectivity index (χ0) is 17.1. The molecule has 0 aliphatic heterocycles. The molecule has 3 rings (SSSR count). The highest BCUT2D eigenvalue weighted by Gasteiger charge is 2.12. The van der Waals surface area contributed by atoms with Crippen molar-refractivity contribution in [1.82, 2.24) is 20.2 Å². The fourth-order valence-corrected chi connectivity index (χ4v) is 2.94. The molecule has 7 heteroatoms. The Morgan fingerprint density at radius 3 is 2.67 bits per heavy atom. The molecule has 24 heavy (non-hydrogen) atoms. The number of para-hydroxylation sites is 1. The van der Waals surface area contributed by atoms with E-state index in [1.807, 2.05) is 55.8 Å². The lowest BCUT2D eigenvalue weighted by Crippen LogP contribution is -2.18. The molecule has 1 N–H and O–H groups in total. The summed E-state index contributed by atoms with van der Waals surface area (Å²) in [5.41, 5.74) is 6.55. The number of hydrazone groups is 1. The van der Waals surface area contributed by atoms with Gasteiger partial charge in [0, 0.05) is 10.9 Å². The van der Waals surface area contributed by atoms with Gasteiger partial charge in [0.25, 0.3) is 5.91 Å². The van der Waals surface area contributed by atoms with E-state index in [9.17, 15) is 4.79 Å². The molecule has 1 amide bonds. The van der Waals surface area contributed by atoms with Crippen LogP contribution < -0.4 is 5.43 Å². The number of aromatic nitrogens is 3. The van der Waals surface area contributed by atoms with Crippen molar-refractivity contribution in [2.24, 2.45) is 5.10 Å². The van der Waals surface area contributed by atoms with Gasteiger partial charge in [0.05, 0.1) is 28.3 Å². The number of carbonyl (C=O) groups excluding carboxylic acids is 1. The number of rotatable bonds is 4. The maximum Gasteiger partial charge on any atom is 0.290 e. The largest absolute Gasteiger partial charge is 0.290 e. The maximum atomic E-state index is 11.9. The summed E-state index contributed by atoms with van der Waals surface area (Å²) in [5, 5.41) is 11.1. The Hall–Kier alpha value is -2.80. The van der Waals surface area contributed by atoms with Crippen LogP contribution in [0.1, 0.15) is 32.4 Å². The number of nitrogens with zero attached hydrogens (tertiary/aromatic N) is 4. The Morgan fingerprint density at radius 2 is 2.00 bits per heavy atom. The lowest BCUT2D eigenvalue weighted by Gasteiger charge is -2.03. The summed E-state index contributed by atoms with van der Waals surface area (Å²) in [6.07, 6.45) is 1.62. The molecule has 0 aliphatic carbocycles. The Labute approximate surface area is 143 Å². The van der Waals surface area contributed by atoms with Crippen molar-refractivity contribution < 1.29 is 4.79 Å². The van der Waals surface area contributed by atoms with Crippen LogP contribution in [-0.2, 0) is 0 Å². The van der Waals surface area contributed by atoms with Crippen LogP contribution in [0.5, 0.6) is 0 Å². The van der Waals surface area contributed by atoms with Crippen LogP contribution >= 0.6 is 11.3 Å². The third kappa shape index (κ3) is 3.26. The van der Waals surface area contributed by atoms with Crippen LogP contribution in [0, 0.1) is 20.8 Å². The molecule has 0 saturated heterocycles. The summed E-state index contributed by atoms with van der Waals surface area (Å²) in [6, 6.07) is 9.89. The van der Waals surface area contributed by atoms with E-state index in [4.69, 9.17) is 0 Å². The standard InChI is InChI=1S/C17H17N5OS/c1-11-15(9-18-20-17(23)16-10-24-13(3)19-16)12(2)22(21-11)14-7-5-4-6-8-14/h4-10H,1-3H3,(H,20,23). The molecular weight excluding hydrogens is 322 g/mol. The molecule has 0 unspecified atom stereocenters. The molecule has 0 spiro atoms. The predicted octanol–water partition coefficient (Wildman–Crippen LogP) is 3.02. The van der Waals surface area contributed by atoms with Gasteiger partial charge in [-0.15, -0.1) is 11.3 Å². The number of benzene rings is 1. The fourth-order valence-electron chi connectivity index (χ4n) is 2.34. The second-order valence-electron chi connectivity index (χ2n) is 5.28. The minimum atomic E-state index is -0.318. The minimum absolute atomic E-state index is 0.318. The van der Waals surface area contributed by atoms with E-state index in [2.05, 4.69) is 20.6 Å². The van der Waals surface area contributed by atoms with Gasteiger partial charge in [-0.05, 0) is 32.9 Å². The lowest BCUT2D eigenvalue weighted by molar-refractivity contribution is 0.0950. The van der Waals surface area contributed by atoms with Crippen LogP contribution in [-0.4, -0.2) is 26.9 Å². The van der Waals surface area contributed by atoms with Crippen molar-refractivity contribution in [1.29, 1.82) is 0 Å². The highest BCUT2D eigenvalue weighted by Crippen LogP contribution is 2.16. The number of aryl methyl sites for hydroxylation is 2. The van der Waals surface area contributed by atoms with E-state index in [0.717, 1.165) is 27.6 Å². The van der Waals surface area contributed by atoms with Gasteiger partial charge in [0.1, 0.15) is 5.69 Å². The molecule has 0 radical (unpaired) electrons. The van der Waals surface area contributed by atoms with Crippen molar-refractivity contribution >= 4 is 23.5 Å². The van der Waals surface area contributed by atoms with Crippen LogP contribution in [0.2, 0.25) is 0 Å². The first kappa shape index (κ1) is 16.1. The molecule has 0 fully saturated rings. The molecule has 0 aliphatic rings. The van der Waals surface area contributed by atoms with Gasteiger partial charge in [-0.2, -0.15) is 10.2 Å². The van der Waals surface area contributed by atoms with Crippen molar-refractivity contribution in [2.75, 3.05) is 0 Å². The van der Waals surface area contributed by atoms with E-state index < -0.39 is 0 Å². The predicted molar refractivity (Wildman–Crippen MR) is 94.9 cm³/mol. The molecule has 0 atom stereocenters. The van der Waals surface area contributed by atoms with Crippen molar-refractivity contribution in [3.8, 4) is 5.69 Å². The van der Waals surface area contributed by atoms with E-state index in [0.29, 0.717) is 5.69 Å². The van der Waals surface area contributed by atoms with E-state index in [1.165, 1.54) is 11.3 Å². The average Bonchev–Trinajstić information content (AvgIpc) is 3.13. The highest BCUT2D eigenvalue weighted by molar-refractivity contribution is 7.09. The number of amides is 1. The highest BCUT2D eigenvalue weighted by atomic mass is 32.1. The fraction of sp³-hybridized carbons (Fsp3) is 0.176. The van der Waals surface area contributed by atoms with Crippen LogP contribution in [0.3, 0.4) is 0 Å². The summed E-state index contributed by atoms with van der Waals surface area (Å²) in [7, 11) is 0. The second kappa shape index (κ2) is 6.76. The third-order valence-electron chi connectivity index (χ3n) is 3.56. The average molecular weight is 339 g/mol. The summed E-state index contributed by atoms with van der Waals surface area (Å²) in [4.78, 5) is 16.1. The zero-order valence-corrected chi connectivity index (χ0v) is 14.5. The van der Waals surface area contributed by atoms with Crippen LogP contribution in [0.4, 0.5) is 0 Å². The van der Waals surface area contributed by atoms with Gasteiger partial charge < -0.3 is 0 Å². The Bertz CT molecular complexity index is 895. The summed E-state index contributed by atoms with van der Waals surface area (Å²) in [6.45, 7) is 5.74. The number of hydrogen-bond acceptors (Lipinski definition) is 5. The van der Waals surface area contributed by atoms with Crippen molar-refractivity contribution in [3.05, 3.63) is 63.4 Å². The monoisotopic (exact) mass is 339 g/mol. The first-order valence-electron chi connectivity index (χ1n) is 7.43. The zero-order valence-electron chi connectivity index (χ0n) is 13.6. The molecule has 122 valence electrons. The van der Waals surface area contributed by atoms with Gasteiger partial charge in [0.2, 0.25) is 0 Å². The Kier molecular flexibility index (Phi) is 4.52. The van der Waals surface area contributed by atoms with Crippen LogP contribution in [0.25, 0.3) is 5.69 Å². The van der Waals surface area contributed by atoms with Gasteiger partial charge in [-0.3, -0.25) is 4.79 Å². The maximum absolute atomic E-state index is 11.9. The minimum Gasteiger partial charge on any atom is -0.266 e. The van der Waals surface area contributed by atoms with E-state index >= 15 is 0 Å². The van der Waals surface area contributed by atoms with Gasteiger partial charge in [-0.1, -0.05) is 18.2 Å². The number of hydrogen-bond donors (Lipinski definition) is 1. The topological polar surface area (TPSA) is 72.2 Å². The third-order valence-corrected chi connectivity index (χ3v) is 4.33. The normalized spacial score (nSPS) is 11.1. The molecule has 0 saturated carbocycles. The molecule has 6 nitrogen and oxygen atoms in total. The first-order valence-corrected chi connectivity index (χ1v) is 8.31. The molecule has 1 aromatic carbocycles. The van der Waals surface area contributed by atoms with Gasteiger partial charge >= 0.3 is 0 Å². The quantitative estimate of drug-likeness (QED) is 0.586. The smallest absolute Gasteiger partial charge is 0.266 e. The Morgan fingerprint density at radius 1 is 1.25 bits per heavy atom. The van der Waals surface area contributed by atoms with E-state index in [1.54, 1.807) is 11.6 Å². The second-order valence-corrected chi connectivity index (χ2v) is 6.34. The van der Waals surface area contributed by atoms with Gasteiger partial charge in [-0.25, -0.2) is 15.1 Å². The SMILES string of the molecule is Cc1nc(C(=O)NN=Cc2c(C)nn(-c3ccccc3)c2C)cs1. The Balaban J connectivity index is 1.78. The summed E-state index contributed by atoms with van der Waals surface area (Å²) in [5.74, 6) is -0.318. The van der Waals surface area contributed by atoms with Crippen LogP contribution in [0.15, 0.2) is 40.8 Å². The van der Waals surface area contributed by atoms with Gasteiger partial charge in [0.15, 0.2) is 0 Å². The molecule has 3 aromatic rings. The molecular formula is C17H17N5OS. The summed E-state index contributed by atoms with van der Waals surface area (Å²) < 4.78 is 1.86. The molecule has 2 aromatic heterocycles. The molecule has 2 heterocycles. The number of carbonyl (C=O) groups is 1. The first-order chi connectivity index (χ1) is 11.6. The number of thiazole rings is 1. The molecule has 0 bridgehead atoms. The number of nitrogens with one attached hydrogen (secondary N) is 1. The summed E-state index contributed by atoms with van der Waals surface area (Å²) >= 11 is 1.43. The van der Waals surface area contributed by atoms with Crippen molar-refractivity contribution in [2.45, 2.75) is 20.8 Å². The van der Waals surface area contributed by atoms with E-state index in [-0.39, 0.29) is 5.91 Å². The van der Waals surface area contributed by atoms with Crippen molar-refractivity contribution in [3.63, 3.8) is 0 Å². The lowest BCUT2D eigenvalue weighted by atomic mass is 10.2.